The molecule has 0 aliphatic carbocycles. The maximum atomic E-state index is 12.8. The highest BCUT2D eigenvalue weighted by atomic mass is 16.7. The molecule has 3 atom stereocenters. The number of hydrogen-bond donors (Lipinski definition) is 5. The minimum Gasteiger partial charge on any atom is -0.484 e. The van der Waals surface area contributed by atoms with Gasteiger partial charge in [0.15, 0.2) is 18.7 Å². The molecule has 0 aromatic heterocycles. The molecule has 0 radical (unpaired) electrons. The van der Waals surface area contributed by atoms with Crippen molar-refractivity contribution in [2.45, 2.75) is 78.0 Å². The number of aliphatic hydroxyl groups is 1. The number of ether oxygens (including phenoxy) is 5. The van der Waals surface area contributed by atoms with Gasteiger partial charge < -0.3 is 50.5 Å². The zero-order valence-corrected chi connectivity index (χ0v) is 31.0. The zero-order valence-electron chi connectivity index (χ0n) is 31.0. The second-order valence-electron chi connectivity index (χ2n) is 13.9. The second-order valence-corrected chi connectivity index (χ2v) is 13.9. The smallest absolute Gasteiger partial charge is 0.257 e. The van der Waals surface area contributed by atoms with Gasteiger partial charge in [-0.2, -0.15) is 0 Å². The molecular formula is C38H56N4O10. The summed E-state index contributed by atoms with van der Waals surface area (Å²) in [5, 5.41) is 18.4. The lowest BCUT2D eigenvalue weighted by Crippen LogP contribution is -2.45. The molecule has 1 saturated heterocycles. The van der Waals surface area contributed by atoms with Gasteiger partial charge in [-0.3, -0.25) is 19.2 Å². The number of carbonyl (C=O) groups excluding carboxylic acids is 4. The molecule has 14 heteroatoms. The maximum Gasteiger partial charge on any atom is 0.257 e. The molecule has 3 amide bonds. The van der Waals surface area contributed by atoms with Gasteiger partial charge in [0.1, 0.15) is 18.0 Å². The van der Waals surface area contributed by atoms with Gasteiger partial charge in [0.2, 0.25) is 5.91 Å². The molecule has 14 nitrogen and oxygen atoms in total. The first-order valence-electron chi connectivity index (χ1n) is 17.8. The first kappa shape index (κ1) is 42.5. The van der Waals surface area contributed by atoms with Crippen molar-refractivity contribution < 1.29 is 48.0 Å². The van der Waals surface area contributed by atoms with Crippen LogP contribution >= 0.6 is 0 Å². The minimum atomic E-state index is -0.995. The van der Waals surface area contributed by atoms with Crippen molar-refractivity contribution in [1.82, 2.24) is 16.0 Å². The third-order valence-electron chi connectivity index (χ3n) is 8.55. The van der Waals surface area contributed by atoms with Crippen LogP contribution in [0.15, 0.2) is 48.5 Å². The van der Waals surface area contributed by atoms with Crippen molar-refractivity contribution in [3.05, 3.63) is 54.1 Å². The van der Waals surface area contributed by atoms with Gasteiger partial charge in [-0.15, -0.1) is 0 Å². The van der Waals surface area contributed by atoms with Gasteiger partial charge in [0.25, 0.3) is 11.8 Å². The molecule has 1 aliphatic heterocycles. The number of nitrogens with one attached hydrogen (secondary N) is 3. The molecule has 0 bridgehead atoms. The molecule has 0 saturated carbocycles. The summed E-state index contributed by atoms with van der Waals surface area (Å²) in [7, 11) is 0. The van der Waals surface area contributed by atoms with Crippen molar-refractivity contribution >= 4 is 23.5 Å². The molecule has 1 aliphatic rings. The van der Waals surface area contributed by atoms with E-state index >= 15 is 0 Å². The Kier molecular flexibility index (Phi) is 17.1. The molecule has 2 aromatic rings. The number of rotatable bonds is 22. The molecule has 0 unspecified atom stereocenters. The fourth-order valence-electron chi connectivity index (χ4n) is 5.13. The highest BCUT2D eigenvalue weighted by Crippen LogP contribution is 2.25. The predicted octanol–water partition coefficient (Wildman–Crippen LogP) is 2.35. The van der Waals surface area contributed by atoms with Crippen LogP contribution in [0.4, 0.5) is 0 Å². The van der Waals surface area contributed by atoms with Crippen molar-refractivity contribution in [3.63, 3.8) is 0 Å². The first-order chi connectivity index (χ1) is 24.7. The lowest BCUT2D eigenvalue weighted by molar-refractivity contribution is -0.232. The molecule has 0 spiro atoms. The standard InChI is InChI=1S/C38H56N4O10/c1-26-31(43)24-32(44)35(52-26)49-22-21-48-20-18-42-36(47)37(2,3)14-19-51-38(4,5)13-16-40-33(45)25-50-30-11-9-27(10-12-30)28-7-6-8-29(23-28)34(46)41-17-15-39/h6-12,23,26,32,35,44H,13-22,24-25,39H2,1-5H3,(H,40,45)(H,41,46)(H,42,47)/t26-,32+,35+/m0/s1. The summed E-state index contributed by atoms with van der Waals surface area (Å²) < 4.78 is 28.1. The normalized spacial score (nSPS) is 17.8. The van der Waals surface area contributed by atoms with E-state index in [0.717, 1.165) is 11.1 Å². The highest BCUT2D eigenvalue weighted by molar-refractivity contribution is 5.95. The quantitative estimate of drug-likeness (QED) is 0.112. The number of ketones is 1. The molecule has 3 rings (SSSR count). The third kappa shape index (κ3) is 14.6. The van der Waals surface area contributed by atoms with Crippen LogP contribution < -0.4 is 26.4 Å². The lowest BCUT2D eigenvalue weighted by atomic mass is 9.88. The van der Waals surface area contributed by atoms with E-state index in [1.54, 1.807) is 25.1 Å². The van der Waals surface area contributed by atoms with Crippen molar-refractivity contribution in [1.29, 1.82) is 0 Å². The fraction of sp³-hybridized carbons (Fsp3) is 0.579. The molecule has 52 heavy (non-hydrogen) atoms. The lowest BCUT2D eigenvalue weighted by Gasteiger charge is -2.30. The van der Waals surface area contributed by atoms with E-state index in [9.17, 15) is 24.3 Å². The molecule has 6 N–H and O–H groups in total. The van der Waals surface area contributed by atoms with Crippen LogP contribution in [0, 0.1) is 5.41 Å². The van der Waals surface area contributed by atoms with Crippen LogP contribution in [0.2, 0.25) is 0 Å². The predicted molar refractivity (Wildman–Crippen MR) is 195 cm³/mol. The van der Waals surface area contributed by atoms with Gasteiger partial charge >= 0.3 is 0 Å². The number of hydrogen-bond acceptors (Lipinski definition) is 11. The number of amides is 3. The summed E-state index contributed by atoms with van der Waals surface area (Å²) in [5.74, 6) is -0.165. The van der Waals surface area contributed by atoms with Gasteiger partial charge in [-0.05, 0) is 69.0 Å². The Bertz CT molecular complexity index is 1450. The Morgan fingerprint density at radius 3 is 2.38 bits per heavy atom. The van der Waals surface area contributed by atoms with Crippen LogP contribution in [0.25, 0.3) is 11.1 Å². The highest BCUT2D eigenvalue weighted by Gasteiger charge is 2.34. The number of nitrogens with two attached hydrogens (primary N) is 1. The van der Waals surface area contributed by atoms with E-state index in [1.165, 1.54) is 0 Å². The SMILES string of the molecule is C[C@@H]1O[C@@H](OCCOCCNC(=O)C(C)(C)CCOC(C)(C)CCNC(=O)COc2ccc(-c3cccc(C(=O)NCCN)c3)cc2)[C@H](O)CC1=O. The van der Waals surface area contributed by atoms with E-state index in [4.69, 9.17) is 29.4 Å². The van der Waals surface area contributed by atoms with Crippen LogP contribution in [-0.2, 0) is 33.3 Å². The Labute approximate surface area is 306 Å². The van der Waals surface area contributed by atoms with E-state index in [0.29, 0.717) is 56.9 Å². The Morgan fingerprint density at radius 1 is 0.904 bits per heavy atom. The summed E-state index contributed by atoms with van der Waals surface area (Å²) in [5.41, 5.74) is 6.61. The van der Waals surface area contributed by atoms with Crippen molar-refractivity contribution in [2.24, 2.45) is 11.1 Å². The zero-order chi connectivity index (χ0) is 38.1. The Morgan fingerprint density at radius 2 is 1.65 bits per heavy atom. The summed E-state index contributed by atoms with van der Waals surface area (Å²) in [6, 6.07) is 14.6. The molecule has 1 heterocycles. The van der Waals surface area contributed by atoms with Gasteiger partial charge in [0.05, 0.1) is 25.4 Å². The Balaban J connectivity index is 1.26. The number of carbonyl (C=O) groups is 4. The summed E-state index contributed by atoms with van der Waals surface area (Å²) in [6.07, 6.45) is -1.40. The van der Waals surface area contributed by atoms with Crippen molar-refractivity contribution in [2.75, 3.05) is 59.2 Å². The van der Waals surface area contributed by atoms with E-state index in [-0.39, 0.29) is 56.4 Å². The van der Waals surface area contributed by atoms with Gasteiger partial charge in [0, 0.05) is 50.2 Å². The number of aliphatic hydroxyl groups excluding tert-OH is 1. The average molecular weight is 729 g/mol. The second kappa shape index (κ2) is 20.9. The van der Waals surface area contributed by atoms with E-state index in [2.05, 4.69) is 16.0 Å². The molecule has 288 valence electrons. The van der Waals surface area contributed by atoms with Gasteiger partial charge in [-0.25, -0.2) is 0 Å². The Hall–Kier alpha value is -3.92. The van der Waals surface area contributed by atoms with Gasteiger partial charge in [-0.1, -0.05) is 38.1 Å². The largest absolute Gasteiger partial charge is 0.484 e. The van der Waals surface area contributed by atoms with Crippen LogP contribution in [0.1, 0.15) is 64.2 Å². The maximum absolute atomic E-state index is 12.8. The summed E-state index contributed by atoms with van der Waals surface area (Å²) >= 11 is 0. The minimum absolute atomic E-state index is 0.00308. The monoisotopic (exact) mass is 728 g/mol. The topological polar surface area (TPSA) is 197 Å². The van der Waals surface area contributed by atoms with E-state index in [1.807, 2.05) is 58.0 Å². The third-order valence-corrected chi connectivity index (χ3v) is 8.55. The van der Waals surface area contributed by atoms with Crippen LogP contribution in [0.3, 0.4) is 0 Å². The first-order valence-corrected chi connectivity index (χ1v) is 17.8. The molecule has 2 aromatic carbocycles. The molecular weight excluding hydrogens is 672 g/mol. The number of Topliss-reactive ketones (excluding diaryl/α,β-unsaturated/α-hetero) is 1. The summed E-state index contributed by atoms with van der Waals surface area (Å²) in [4.78, 5) is 49.0. The summed E-state index contributed by atoms with van der Waals surface area (Å²) in [6.45, 7) is 11.6. The average Bonchev–Trinajstić information content (AvgIpc) is 3.11. The van der Waals surface area contributed by atoms with Crippen molar-refractivity contribution in [3.8, 4) is 16.9 Å². The fourth-order valence-corrected chi connectivity index (χ4v) is 5.13. The molecule has 1 fully saturated rings. The van der Waals surface area contributed by atoms with Crippen LogP contribution in [0.5, 0.6) is 5.75 Å². The van der Waals surface area contributed by atoms with E-state index < -0.39 is 29.5 Å². The van der Waals surface area contributed by atoms with Crippen LogP contribution in [-0.4, -0.2) is 112 Å². The number of benzene rings is 2.